The fourth-order valence-electron chi connectivity index (χ4n) is 3.51. The van der Waals surface area contributed by atoms with Crippen molar-refractivity contribution in [2.75, 3.05) is 18.4 Å². The predicted molar refractivity (Wildman–Crippen MR) is 148 cm³/mol. The number of rotatable bonds is 12. The summed E-state index contributed by atoms with van der Waals surface area (Å²) in [6.07, 6.45) is 1.55. The SMILES string of the molecule is NCC(=O)NCC(=O)N/C(=C/c1ccccc1)C(=O)N[C@@H](Cc1ccccc1)C(=O)Nc1ccc([N+](=O)[O-])cc1. The van der Waals surface area contributed by atoms with E-state index in [1.807, 2.05) is 6.07 Å². The van der Waals surface area contributed by atoms with E-state index in [1.54, 1.807) is 54.6 Å². The second kappa shape index (κ2) is 14.5. The van der Waals surface area contributed by atoms with Gasteiger partial charge in [0, 0.05) is 24.2 Å². The van der Waals surface area contributed by atoms with E-state index in [1.165, 1.54) is 30.3 Å². The Morgan fingerprint density at radius 1 is 0.875 bits per heavy atom. The van der Waals surface area contributed by atoms with Crippen molar-refractivity contribution in [3.8, 4) is 0 Å². The smallest absolute Gasteiger partial charge is 0.269 e. The first-order valence-electron chi connectivity index (χ1n) is 12.2. The fraction of sp³-hybridized carbons (Fsp3) is 0.143. The molecular formula is C28H28N6O6. The summed E-state index contributed by atoms with van der Waals surface area (Å²) in [6.45, 7) is -0.713. The van der Waals surface area contributed by atoms with Crippen molar-refractivity contribution in [1.82, 2.24) is 16.0 Å². The highest BCUT2D eigenvalue weighted by molar-refractivity contribution is 6.05. The van der Waals surface area contributed by atoms with Crippen LogP contribution in [-0.2, 0) is 25.6 Å². The van der Waals surface area contributed by atoms with Crippen LogP contribution in [0.3, 0.4) is 0 Å². The topological polar surface area (TPSA) is 186 Å². The summed E-state index contributed by atoms with van der Waals surface area (Å²) in [6, 6.07) is 21.9. The number of benzene rings is 3. The Hall–Kier alpha value is -5.36. The number of carbonyl (C=O) groups excluding carboxylic acids is 4. The number of hydrogen-bond acceptors (Lipinski definition) is 7. The first-order chi connectivity index (χ1) is 19.2. The van der Waals surface area contributed by atoms with Gasteiger partial charge in [-0.3, -0.25) is 29.3 Å². The van der Waals surface area contributed by atoms with E-state index < -0.39 is 41.1 Å². The lowest BCUT2D eigenvalue weighted by molar-refractivity contribution is -0.384. The van der Waals surface area contributed by atoms with E-state index >= 15 is 0 Å². The lowest BCUT2D eigenvalue weighted by Gasteiger charge is -2.20. The van der Waals surface area contributed by atoms with E-state index in [9.17, 15) is 29.3 Å². The summed E-state index contributed by atoms with van der Waals surface area (Å²) in [7, 11) is 0. The highest BCUT2D eigenvalue weighted by Gasteiger charge is 2.24. The highest BCUT2D eigenvalue weighted by Crippen LogP contribution is 2.16. The van der Waals surface area contributed by atoms with Crippen LogP contribution < -0.4 is 27.0 Å². The molecular weight excluding hydrogens is 516 g/mol. The lowest BCUT2D eigenvalue weighted by Crippen LogP contribution is -2.48. The molecule has 0 fully saturated rings. The normalized spacial score (nSPS) is 11.6. The quantitative estimate of drug-likeness (QED) is 0.130. The van der Waals surface area contributed by atoms with Crippen LogP contribution in [0.5, 0.6) is 0 Å². The van der Waals surface area contributed by atoms with Gasteiger partial charge >= 0.3 is 0 Å². The number of carbonyl (C=O) groups is 4. The van der Waals surface area contributed by atoms with Gasteiger partial charge in [0.15, 0.2) is 0 Å². The van der Waals surface area contributed by atoms with Crippen LogP contribution in [0, 0.1) is 10.1 Å². The Bertz CT molecular complexity index is 1380. The molecule has 0 aromatic heterocycles. The average Bonchev–Trinajstić information content (AvgIpc) is 2.96. The van der Waals surface area contributed by atoms with Gasteiger partial charge in [0.2, 0.25) is 17.7 Å². The molecule has 0 unspecified atom stereocenters. The van der Waals surface area contributed by atoms with Gasteiger partial charge in [-0.1, -0.05) is 60.7 Å². The van der Waals surface area contributed by atoms with Crippen LogP contribution >= 0.6 is 0 Å². The molecule has 4 amide bonds. The molecule has 0 aliphatic rings. The Labute approximate surface area is 229 Å². The molecule has 0 aliphatic carbocycles. The number of amides is 4. The number of nitro groups is 1. The first-order valence-corrected chi connectivity index (χ1v) is 12.2. The van der Waals surface area contributed by atoms with Crippen LogP contribution in [0.2, 0.25) is 0 Å². The van der Waals surface area contributed by atoms with Crippen molar-refractivity contribution >= 4 is 41.1 Å². The minimum atomic E-state index is -1.09. The van der Waals surface area contributed by atoms with E-state index in [-0.39, 0.29) is 24.4 Å². The number of anilines is 1. The van der Waals surface area contributed by atoms with Crippen molar-refractivity contribution in [1.29, 1.82) is 0 Å². The molecule has 0 radical (unpaired) electrons. The number of nitrogens with two attached hydrogens (primary N) is 1. The summed E-state index contributed by atoms with van der Waals surface area (Å²) >= 11 is 0. The molecule has 0 spiro atoms. The zero-order chi connectivity index (χ0) is 28.9. The maximum atomic E-state index is 13.4. The number of hydrogen-bond donors (Lipinski definition) is 5. The Kier molecular flexibility index (Phi) is 10.6. The second-order valence-corrected chi connectivity index (χ2v) is 8.51. The Morgan fingerprint density at radius 3 is 2.10 bits per heavy atom. The number of nitro benzene ring substituents is 1. The molecule has 0 saturated heterocycles. The maximum absolute atomic E-state index is 13.4. The van der Waals surface area contributed by atoms with E-state index in [0.29, 0.717) is 11.3 Å². The van der Waals surface area contributed by atoms with Gasteiger partial charge in [-0.05, 0) is 29.3 Å². The highest BCUT2D eigenvalue weighted by atomic mass is 16.6. The molecule has 0 aliphatic heterocycles. The average molecular weight is 545 g/mol. The third kappa shape index (κ3) is 9.19. The lowest BCUT2D eigenvalue weighted by atomic mass is 10.0. The van der Waals surface area contributed by atoms with Crippen molar-refractivity contribution in [3.63, 3.8) is 0 Å². The molecule has 6 N–H and O–H groups in total. The standard InChI is InChI=1S/C28H28N6O6/c29-17-25(35)30-18-26(36)32-23(15-19-7-3-1-4-8-19)28(38)33-24(16-20-9-5-2-6-10-20)27(37)31-21-11-13-22(14-12-21)34(39)40/h1-15,24H,16-18,29H2,(H,30,35)(H,31,37)(H,32,36)(H,33,38)/b23-15+/t24-/m0/s1. The zero-order valence-corrected chi connectivity index (χ0v) is 21.3. The molecule has 3 rings (SSSR count). The molecule has 40 heavy (non-hydrogen) atoms. The van der Waals surface area contributed by atoms with Gasteiger partial charge in [0.25, 0.3) is 11.6 Å². The predicted octanol–water partition coefficient (Wildman–Crippen LogP) is 1.49. The third-order valence-corrected chi connectivity index (χ3v) is 5.51. The zero-order valence-electron chi connectivity index (χ0n) is 21.3. The summed E-state index contributed by atoms with van der Waals surface area (Å²) < 4.78 is 0. The third-order valence-electron chi connectivity index (χ3n) is 5.51. The summed E-state index contributed by atoms with van der Waals surface area (Å²) in [5.41, 5.74) is 6.62. The molecule has 12 nitrogen and oxygen atoms in total. The molecule has 206 valence electrons. The monoisotopic (exact) mass is 544 g/mol. The molecule has 0 saturated carbocycles. The van der Waals surface area contributed by atoms with Gasteiger partial charge < -0.3 is 27.0 Å². The van der Waals surface area contributed by atoms with Crippen LogP contribution in [0.1, 0.15) is 11.1 Å². The van der Waals surface area contributed by atoms with Gasteiger partial charge in [-0.2, -0.15) is 0 Å². The van der Waals surface area contributed by atoms with Gasteiger partial charge in [-0.15, -0.1) is 0 Å². The second-order valence-electron chi connectivity index (χ2n) is 8.51. The van der Waals surface area contributed by atoms with E-state index in [4.69, 9.17) is 5.73 Å². The maximum Gasteiger partial charge on any atom is 0.269 e. The molecule has 1 atom stereocenters. The summed E-state index contributed by atoms with van der Waals surface area (Å²) in [4.78, 5) is 61.0. The largest absolute Gasteiger partial charge is 0.346 e. The fourth-order valence-corrected chi connectivity index (χ4v) is 3.51. The number of nitrogens with one attached hydrogen (secondary N) is 4. The van der Waals surface area contributed by atoms with Crippen LogP contribution in [-0.4, -0.2) is 47.7 Å². The number of nitrogens with zero attached hydrogens (tertiary/aromatic N) is 1. The van der Waals surface area contributed by atoms with E-state index in [0.717, 1.165) is 5.56 Å². The molecule has 0 bridgehead atoms. The van der Waals surface area contributed by atoms with Crippen LogP contribution in [0.15, 0.2) is 90.6 Å². The summed E-state index contributed by atoms with van der Waals surface area (Å²) in [5, 5.41) is 21.1. The van der Waals surface area contributed by atoms with Gasteiger partial charge in [0.05, 0.1) is 18.0 Å². The number of non-ortho nitro benzene ring substituents is 1. The van der Waals surface area contributed by atoms with Crippen molar-refractivity contribution in [2.24, 2.45) is 5.73 Å². The molecule has 3 aromatic carbocycles. The molecule has 3 aromatic rings. The minimum absolute atomic E-state index is 0.116. The Morgan fingerprint density at radius 2 is 1.50 bits per heavy atom. The Balaban J connectivity index is 1.83. The minimum Gasteiger partial charge on any atom is -0.346 e. The molecule has 0 heterocycles. The first kappa shape index (κ1) is 29.2. The molecule has 12 heteroatoms. The summed E-state index contributed by atoms with van der Waals surface area (Å²) in [5.74, 6) is -2.54. The van der Waals surface area contributed by atoms with Crippen molar-refractivity contribution in [3.05, 3.63) is 112 Å². The van der Waals surface area contributed by atoms with E-state index in [2.05, 4.69) is 21.3 Å². The van der Waals surface area contributed by atoms with Crippen molar-refractivity contribution in [2.45, 2.75) is 12.5 Å². The van der Waals surface area contributed by atoms with Gasteiger partial charge in [-0.25, -0.2) is 0 Å². The van der Waals surface area contributed by atoms with Crippen molar-refractivity contribution < 1.29 is 24.1 Å². The van der Waals surface area contributed by atoms with Crippen LogP contribution in [0.4, 0.5) is 11.4 Å². The van der Waals surface area contributed by atoms with Crippen LogP contribution in [0.25, 0.3) is 6.08 Å². The van der Waals surface area contributed by atoms with Gasteiger partial charge in [0.1, 0.15) is 11.7 Å².